The Morgan fingerprint density at radius 3 is 2.26 bits per heavy atom. The van der Waals surface area contributed by atoms with Crippen molar-refractivity contribution in [3.63, 3.8) is 0 Å². The molecule has 19 heavy (non-hydrogen) atoms. The first-order chi connectivity index (χ1) is 9.08. The standard InChI is InChI=1S/C16H17NO2/c1-11(2)19-16(18)13-9-7-12(8-10-13)14-5-3-4-6-15(14)17/h3-11H,17H2,1-2H3. The summed E-state index contributed by atoms with van der Waals surface area (Å²) in [6.45, 7) is 3.66. The van der Waals surface area contributed by atoms with E-state index in [1.54, 1.807) is 12.1 Å². The molecule has 0 bridgehead atoms. The van der Waals surface area contributed by atoms with Crippen LogP contribution < -0.4 is 5.73 Å². The van der Waals surface area contributed by atoms with Crippen LogP contribution in [0, 0.1) is 0 Å². The van der Waals surface area contributed by atoms with Gasteiger partial charge in [-0.3, -0.25) is 0 Å². The van der Waals surface area contributed by atoms with Gasteiger partial charge in [0.1, 0.15) is 0 Å². The third-order valence-electron chi connectivity index (χ3n) is 2.74. The van der Waals surface area contributed by atoms with Crippen molar-refractivity contribution in [2.75, 3.05) is 5.73 Å². The zero-order valence-electron chi connectivity index (χ0n) is 11.1. The Hall–Kier alpha value is -2.29. The predicted octanol–water partition coefficient (Wildman–Crippen LogP) is 3.50. The molecule has 0 atom stereocenters. The number of hydrogen-bond acceptors (Lipinski definition) is 3. The molecule has 2 aromatic carbocycles. The molecule has 0 spiro atoms. The van der Waals surface area contributed by atoms with Crippen molar-refractivity contribution in [1.29, 1.82) is 0 Å². The second kappa shape index (κ2) is 5.57. The Bertz CT molecular complexity index is 574. The summed E-state index contributed by atoms with van der Waals surface area (Å²) in [6, 6.07) is 14.9. The van der Waals surface area contributed by atoms with E-state index >= 15 is 0 Å². The van der Waals surface area contributed by atoms with Crippen LogP contribution in [0.1, 0.15) is 24.2 Å². The van der Waals surface area contributed by atoms with Crippen LogP contribution in [0.25, 0.3) is 11.1 Å². The second-order valence-corrected chi connectivity index (χ2v) is 4.62. The van der Waals surface area contributed by atoms with Gasteiger partial charge in [-0.05, 0) is 37.6 Å². The number of rotatable bonds is 3. The number of ether oxygens (including phenoxy) is 1. The normalized spacial score (nSPS) is 10.5. The van der Waals surface area contributed by atoms with Crippen LogP contribution in [0.2, 0.25) is 0 Å². The van der Waals surface area contributed by atoms with E-state index in [0.717, 1.165) is 16.8 Å². The zero-order chi connectivity index (χ0) is 13.8. The summed E-state index contributed by atoms with van der Waals surface area (Å²) in [4.78, 5) is 11.7. The average molecular weight is 255 g/mol. The number of nitrogens with two attached hydrogens (primary N) is 1. The fourth-order valence-electron chi connectivity index (χ4n) is 1.83. The van der Waals surface area contributed by atoms with Crippen molar-refractivity contribution in [2.24, 2.45) is 0 Å². The summed E-state index contributed by atoms with van der Waals surface area (Å²) in [5.74, 6) is -0.303. The molecule has 3 nitrogen and oxygen atoms in total. The molecule has 0 fully saturated rings. The van der Waals surface area contributed by atoms with Gasteiger partial charge in [0.15, 0.2) is 0 Å². The number of nitrogen functional groups attached to an aromatic ring is 1. The molecule has 98 valence electrons. The molecule has 0 heterocycles. The maximum atomic E-state index is 11.7. The Kier molecular flexibility index (Phi) is 3.85. The minimum absolute atomic E-state index is 0.114. The zero-order valence-corrected chi connectivity index (χ0v) is 11.1. The lowest BCUT2D eigenvalue weighted by atomic mass is 10.0. The van der Waals surface area contributed by atoms with Crippen LogP contribution in [0.3, 0.4) is 0 Å². The molecule has 2 rings (SSSR count). The Morgan fingerprint density at radius 1 is 1.05 bits per heavy atom. The minimum atomic E-state index is -0.303. The topological polar surface area (TPSA) is 52.3 Å². The molecule has 0 saturated heterocycles. The third kappa shape index (κ3) is 3.13. The highest BCUT2D eigenvalue weighted by molar-refractivity contribution is 5.90. The van der Waals surface area contributed by atoms with Crippen molar-refractivity contribution >= 4 is 11.7 Å². The van der Waals surface area contributed by atoms with E-state index in [0.29, 0.717) is 5.56 Å². The van der Waals surface area contributed by atoms with E-state index in [9.17, 15) is 4.79 Å². The van der Waals surface area contributed by atoms with Gasteiger partial charge in [0.2, 0.25) is 0 Å². The van der Waals surface area contributed by atoms with Gasteiger partial charge in [-0.25, -0.2) is 4.79 Å². The molecule has 0 unspecified atom stereocenters. The van der Waals surface area contributed by atoms with Crippen molar-refractivity contribution in [1.82, 2.24) is 0 Å². The molecule has 0 aliphatic carbocycles. The molecular weight excluding hydrogens is 238 g/mol. The van der Waals surface area contributed by atoms with Crippen LogP contribution in [-0.2, 0) is 4.74 Å². The van der Waals surface area contributed by atoms with Gasteiger partial charge in [-0.15, -0.1) is 0 Å². The largest absolute Gasteiger partial charge is 0.459 e. The summed E-state index contributed by atoms with van der Waals surface area (Å²) in [7, 11) is 0. The number of para-hydroxylation sites is 1. The second-order valence-electron chi connectivity index (χ2n) is 4.62. The van der Waals surface area contributed by atoms with Crippen molar-refractivity contribution < 1.29 is 9.53 Å². The molecule has 0 aromatic heterocycles. The van der Waals surface area contributed by atoms with Gasteiger partial charge in [0.05, 0.1) is 11.7 Å². The van der Waals surface area contributed by atoms with Crippen LogP contribution in [0.15, 0.2) is 48.5 Å². The summed E-state index contributed by atoms with van der Waals surface area (Å²) in [5, 5.41) is 0. The fourth-order valence-corrected chi connectivity index (χ4v) is 1.83. The predicted molar refractivity (Wildman–Crippen MR) is 76.8 cm³/mol. The summed E-state index contributed by atoms with van der Waals surface area (Å²) in [6.07, 6.45) is -0.114. The van der Waals surface area contributed by atoms with Gasteiger partial charge in [0, 0.05) is 11.3 Å². The lowest BCUT2D eigenvalue weighted by Gasteiger charge is -2.09. The van der Waals surface area contributed by atoms with Gasteiger partial charge >= 0.3 is 5.97 Å². The highest BCUT2D eigenvalue weighted by atomic mass is 16.5. The molecule has 0 aliphatic heterocycles. The van der Waals surface area contributed by atoms with Gasteiger partial charge < -0.3 is 10.5 Å². The number of carbonyl (C=O) groups is 1. The molecule has 2 aromatic rings. The summed E-state index contributed by atoms with van der Waals surface area (Å²) in [5.41, 5.74) is 9.14. The van der Waals surface area contributed by atoms with Crippen LogP contribution in [0.5, 0.6) is 0 Å². The maximum Gasteiger partial charge on any atom is 0.338 e. The van der Waals surface area contributed by atoms with Crippen LogP contribution >= 0.6 is 0 Å². The number of esters is 1. The van der Waals surface area contributed by atoms with Crippen LogP contribution in [-0.4, -0.2) is 12.1 Å². The first kappa shape index (κ1) is 13.1. The monoisotopic (exact) mass is 255 g/mol. The minimum Gasteiger partial charge on any atom is -0.459 e. The van der Waals surface area contributed by atoms with Crippen molar-refractivity contribution in [2.45, 2.75) is 20.0 Å². The molecule has 0 radical (unpaired) electrons. The third-order valence-corrected chi connectivity index (χ3v) is 2.74. The molecule has 2 N–H and O–H groups in total. The number of carbonyl (C=O) groups excluding carboxylic acids is 1. The van der Waals surface area contributed by atoms with E-state index in [1.807, 2.05) is 50.2 Å². The number of anilines is 1. The lowest BCUT2D eigenvalue weighted by molar-refractivity contribution is 0.0378. The van der Waals surface area contributed by atoms with Gasteiger partial charge in [-0.2, -0.15) is 0 Å². The van der Waals surface area contributed by atoms with E-state index in [2.05, 4.69) is 0 Å². The quantitative estimate of drug-likeness (QED) is 0.674. The van der Waals surface area contributed by atoms with Gasteiger partial charge in [-0.1, -0.05) is 30.3 Å². The van der Waals surface area contributed by atoms with Crippen molar-refractivity contribution in [3.05, 3.63) is 54.1 Å². The molecule has 3 heteroatoms. The van der Waals surface area contributed by atoms with Crippen molar-refractivity contribution in [3.8, 4) is 11.1 Å². The highest BCUT2D eigenvalue weighted by Gasteiger charge is 2.09. The molecule has 0 saturated carbocycles. The SMILES string of the molecule is CC(C)OC(=O)c1ccc(-c2ccccc2N)cc1. The van der Waals surface area contributed by atoms with Gasteiger partial charge in [0.25, 0.3) is 0 Å². The maximum absolute atomic E-state index is 11.7. The first-order valence-electron chi connectivity index (χ1n) is 6.24. The molecule has 0 aliphatic rings. The Morgan fingerprint density at radius 2 is 1.68 bits per heavy atom. The molecular formula is C16H17NO2. The van der Waals surface area contributed by atoms with Crippen LogP contribution in [0.4, 0.5) is 5.69 Å². The number of hydrogen-bond donors (Lipinski definition) is 1. The van der Waals surface area contributed by atoms with E-state index < -0.39 is 0 Å². The van der Waals surface area contributed by atoms with E-state index in [4.69, 9.17) is 10.5 Å². The van der Waals surface area contributed by atoms with E-state index in [-0.39, 0.29) is 12.1 Å². The first-order valence-corrected chi connectivity index (χ1v) is 6.24. The van der Waals surface area contributed by atoms with E-state index in [1.165, 1.54) is 0 Å². The highest BCUT2D eigenvalue weighted by Crippen LogP contribution is 2.25. The lowest BCUT2D eigenvalue weighted by Crippen LogP contribution is -2.11. The summed E-state index contributed by atoms with van der Waals surface area (Å²) < 4.78 is 5.14. The fraction of sp³-hybridized carbons (Fsp3) is 0.188. The Balaban J connectivity index is 2.24. The summed E-state index contributed by atoms with van der Waals surface area (Å²) >= 11 is 0. The average Bonchev–Trinajstić information content (AvgIpc) is 2.39. The smallest absolute Gasteiger partial charge is 0.338 e. The molecule has 0 amide bonds. The number of benzene rings is 2. The Labute approximate surface area is 113 Å².